The van der Waals surface area contributed by atoms with E-state index in [1.54, 1.807) is 30.9 Å². The lowest BCUT2D eigenvalue weighted by Crippen LogP contribution is -2.49. The Morgan fingerprint density at radius 1 is 1.31 bits per heavy atom. The minimum Gasteiger partial charge on any atom is -0.466 e. The van der Waals surface area contributed by atoms with Crippen molar-refractivity contribution < 1.29 is 27.5 Å². The molecule has 0 saturated carbocycles. The van der Waals surface area contributed by atoms with Crippen LogP contribution in [0.2, 0.25) is 0 Å². The van der Waals surface area contributed by atoms with E-state index in [4.69, 9.17) is 9.68 Å². The van der Waals surface area contributed by atoms with Crippen LogP contribution in [0.3, 0.4) is 0 Å². The number of halogens is 3. The van der Waals surface area contributed by atoms with Gasteiger partial charge in [-0.3, -0.25) is 4.79 Å². The summed E-state index contributed by atoms with van der Waals surface area (Å²) >= 11 is 0. The van der Waals surface area contributed by atoms with Crippen molar-refractivity contribution in [2.45, 2.75) is 26.4 Å². The fraction of sp³-hybridized carbons (Fsp3) is 0.478. The Morgan fingerprint density at radius 3 is 2.66 bits per heavy atom. The van der Waals surface area contributed by atoms with Gasteiger partial charge in [0.1, 0.15) is 11.5 Å². The summed E-state index contributed by atoms with van der Waals surface area (Å²) in [5, 5.41) is 19.2. The summed E-state index contributed by atoms with van der Waals surface area (Å²) in [6.45, 7) is 5.07. The molecular formula is C23H24F3N3O3. The number of aryl methyl sites for hydroxylation is 2. The SMILES string of the molecule is Cc1cc(C(=O)N2CC3CN(c4ccc(C#N)c(C(F)(F)F)c4)CCC3(CO)C2)c(C)o1. The van der Waals surface area contributed by atoms with Crippen molar-refractivity contribution in [1.29, 1.82) is 5.26 Å². The molecule has 0 radical (unpaired) electrons. The highest BCUT2D eigenvalue weighted by atomic mass is 19.4. The fourth-order valence-electron chi connectivity index (χ4n) is 5.00. The highest BCUT2D eigenvalue weighted by Crippen LogP contribution is 2.44. The molecule has 2 aromatic rings. The van der Waals surface area contributed by atoms with Crippen molar-refractivity contribution in [3.05, 3.63) is 52.5 Å². The second kappa shape index (κ2) is 7.85. The lowest BCUT2D eigenvalue weighted by molar-refractivity contribution is -0.137. The van der Waals surface area contributed by atoms with Crippen LogP contribution in [0.25, 0.3) is 0 Å². The Hall–Kier alpha value is -2.99. The number of anilines is 1. The number of benzene rings is 1. The van der Waals surface area contributed by atoms with Crippen molar-refractivity contribution in [2.24, 2.45) is 11.3 Å². The van der Waals surface area contributed by atoms with Gasteiger partial charge in [0.25, 0.3) is 5.91 Å². The quantitative estimate of drug-likeness (QED) is 0.775. The van der Waals surface area contributed by atoms with E-state index >= 15 is 0 Å². The Balaban J connectivity index is 1.57. The molecule has 0 spiro atoms. The summed E-state index contributed by atoms with van der Waals surface area (Å²) in [5.41, 5.74) is -0.975. The average Bonchev–Trinajstić information content (AvgIpc) is 3.31. The number of amides is 1. The van der Waals surface area contributed by atoms with E-state index in [0.717, 1.165) is 6.07 Å². The molecule has 3 heterocycles. The van der Waals surface area contributed by atoms with Crippen LogP contribution in [-0.4, -0.2) is 48.7 Å². The van der Waals surface area contributed by atoms with Gasteiger partial charge in [-0.1, -0.05) is 0 Å². The van der Waals surface area contributed by atoms with Crippen molar-refractivity contribution in [1.82, 2.24) is 4.90 Å². The number of aliphatic hydroxyl groups is 1. The Bertz CT molecular complexity index is 1090. The molecule has 2 saturated heterocycles. The lowest BCUT2D eigenvalue weighted by Gasteiger charge is -2.43. The lowest BCUT2D eigenvalue weighted by atomic mass is 9.73. The van der Waals surface area contributed by atoms with Crippen molar-refractivity contribution >= 4 is 11.6 Å². The van der Waals surface area contributed by atoms with Gasteiger partial charge in [-0.05, 0) is 44.5 Å². The minimum absolute atomic E-state index is 0.0940. The van der Waals surface area contributed by atoms with Crippen LogP contribution in [0.15, 0.2) is 28.7 Å². The van der Waals surface area contributed by atoms with E-state index < -0.39 is 22.7 Å². The van der Waals surface area contributed by atoms with Gasteiger partial charge in [-0.2, -0.15) is 18.4 Å². The molecule has 2 atom stereocenters. The van der Waals surface area contributed by atoms with E-state index in [2.05, 4.69) is 0 Å². The average molecular weight is 447 g/mol. The number of nitrogens with zero attached hydrogens (tertiary/aromatic N) is 3. The van der Waals surface area contributed by atoms with Crippen LogP contribution in [0, 0.1) is 36.5 Å². The summed E-state index contributed by atoms with van der Waals surface area (Å²) in [6, 6.07) is 7.03. The second-order valence-corrected chi connectivity index (χ2v) is 8.77. The Kier molecular flexibility index (Phi) is 5.45. The molecule has 0 aliphatic carbocycles. The number of aliphatic hydroxyl groups excluding tert-OH is 1. The first-order valence-electron chi connectivity index (χ1n) is 10.4. The zero-order chi connectivity index (χ0) is 23.3. The van der Waals surface area contributed by atoms with Crippen molar-refractivity contribution in [3.63, 3.8) is 0 Å². The number of fused-ring (bicyclic) bond motifs is 1. The first-order valence-corrected chi connectivity index (χ1v) is 10.4. The number of nitriles is 1. The van der Waals surface area contributed by atoms with Gasteiger partial charge < -0.3 is 19.3 Å². The Morgan fingerprint density at radius 2 is 2.06 bits per heavy atom. The predicted octanol–water partition coefficient (Wildman–Crippen LogP) is 3.75. The summed E-state index contributed by atoms with van der Waals surface area (Å²) in [6.07, 6.45) is -4.08. The molecule has 2 aliphatic heterocycles. The van der Waals surface area contributed by atoms with Gasteiger partial charge in [0.2, 0.25) is 0 Å². The number of hydrogen-bond acceptors (Lipinski definition) is 5. The van der Waals surface area contributed by atoms with Gasteiger partial charge in [0, 0.05) is 43.2 Å². The normalized spacial score (nSPS) is 23.2. The second-order valence-electron chi connectivity index (χ2n) is 8.77. The third-order valence-corrected chi connectivity index (χ3v) is 6.80. The van der Waals surface area contributed by atoms with E-state index in [0.29, 0.717) is 55.4 Å². The summed E-state index contributed by atoms with van der Waals surface area (Å²) in [5.74, 6) is 0.931. The molecule has 170 valence electrons. The molecule has 6 nitrogen and oxygen atoms in total. The van der Waals surface area contributed by atoms with Crippen LogP contribution < -0.4 is 4.90 Å². The van der Waals surface area contributed by atoms with Crippen molar-refractivity contribution in [2.75, 3.05) is 37.7 Å². The fourth-order valence-corrected chi connectivity index (χ4v) is 5.00. The van der Waals surface area contributed by atoms with Crippen LogP contribution in [0.4, 0.5) is 18.9 Å². The smallest absolute Gasteiger partial charge is 0.417 e. The molecule has 0 bridgehead atoms. The van der Waals surface area contributed by atoms with Crippen LogP contribution in [-0.2, 0) is 6.18 Å². The van der Waals surface area contributed by atoms with Gasteiger partial charge >= 0.3 is 6.18 Å². The van der Waals surface area contributed by atoms with Gasteiger partial charge in [-0.15, -0.1) is 0 Å². The van der Waals surface area contributed by atoms with E-state index in [9.17, 15) is 23.1 Å². The number of furan rings is 1. The number of carbonyl (C=O) groups is 1. The number of rotatable bonds is 3. The number of alkyl halides is 3. The molecule has 1 aromatic heterocycles. The molecule has 9 heteroatoms. The van der Waals surface area contributed by atoms with E-state index in [-0.39, 0.29) is 18.4 Å². The van der Waals surface area contributed by atoms with Gasteiger partial charge in [0.15, 0.2) is 0 Å². The Labute approximate surface area is 183 Å². The molecule has 1 N–H and O–H groups in total. The largest absolute Gasteiger partial charge is 0.466 e. The molecule has 32 heavy (non-hydrogen) atoms. The maximum atomic E-state index is 13.4. The van der Waals surface area contributed by atoms with Crippen LogP contribution in [0.1, 0.15) is 39.4 Å². The van der Waals surface area contributed by atoms with E-state index in [1.807, 2.05) is 4.90 Å². The molecule has 1 amide bonds. The summed E-state index contributed by atoms with van der Waals surface area (Å²) in [7, 11) is 0. The first kappa shape index (κ1) is 22.2. The minimum atomic E-state index is -4.62. The topological polar surface area (TPSA) is 80.7 Å². The molecular weight excluding hydrogens is 423 g/mol. The van der Waals surface area contributed by atoms with Crippen LogP contribution in [0.5, 0.6) is 0 Å². The maximum Gasteiger partial charge on any atom is 0.417 e. The zero-order valence-electron chi connectivity index (χ0n) is 17.9. The van der Waals surface area contributed by atoms with E-state index in [1.165, 1.54) is 12.1 Å². The third kappa shape index (κ3) is 3.73. The molecule has 2 fully saturated rings. The number of likely N-dealkylation sites (tertiary alicyclic amines) is 1. The maximum absolute atomic E-state index is 13.4. The highest BCUT2D eigenvalue weighted by Gasteiger charge is 2.50. The first-order chi connectivity index (χ1) is 15.1. The third-order valence-electron chi connectivity index (χ3n) is 6.80. The summed E-state index contributed by atoms with van der Waals surface area (Å²) < 4.78 is 45.7. The van der Waals surface area contributed by atoms with Gasteiger partial charge in [0.05, 0.1) is 29.4 Å². The zero-order valence-corrected chi connectivity index (χ0v) is 17.9. The number of carbonyl (C=O) groups excluding carboxylic acids is 1. The number of hydrogen-bond donors (Lipinski definition) is 1. The highest BCUT2D eigenvalue weighted by molar-refractivity contribution is 5.95. The molecule has 2 aliphatic rings. The standard InChI is InChI=1S/C23H24F3N3O3/c1-14-7-19(15(2)32-14)21(31)29-11-17-10-28(6-5-22(17,12-29)13-30)18-4-3-16(9-27)20(8-18)23(24,25)26/h3-4,7-8,17,30H,5-6,10-13H2,1-2H3. The molecule has 1 aromatic carbocycles. The predicted molar refractivity (Wildman–Crippen MR) is 110 cm³/mol. The molecule has 4 rings (SSSR count). The van der Waals surface area contributed by atoms with Crippen LogP contribution >= 0.6 is 0 Å². The monoisotopic (exact) mass is 447 g/mol. The van der Waals surface area contributed by atoms with Crippen molar-refractivity contribution in [3.8, 4) is 6.07 Å². The number of piperidine rings is 1. The van der Waals surface area contributed by atoms with Gasteiger partial charge in [-0.25, -0.2) is 0 Å². The summed E-state index contributed by atoms with van der Waals surface area (Å²) in [4.78, 5) is 16.6. The molecule has 2 unspecified atom stereocenters.